The molecule has 1 unspecified atom stereocenters. The number of carbonyl (C=O) groups excluding carboxylic acids is 1. The van der Waals surface area contributed by atoms with Crippen LogP contribution in [0, 0.1) is 0 Å². The molecule has 4 N–H and O–H groups in total. The van der Waals surface area contributed by atoms with Gasteiger partial charge in [-0.15, -0.1) is 5.06 Å². The lowest BCUT2D eigenvalue weighted by Crippen LogP contribution is -2.32. The number of hydroxylamine groups is 2. The highest BCUT2D eigenvalue weighted by Crippen LogP contribution is 2.11. The lowest BCUT2D eigenvalue weighted by molar-refractivity contribution is -0.180. The second kappa shape index (κ2) is 10.6. The van der Waals surface area contributed by atoms with Gasteiger partial charge in [0.25, 0.3) is 0 Å². The van der Waals surface area contributed by atoms with Crippen LogP contribution in [0.25, 0.3) is 0 Å². The van der Waals surface area contributed by atoms with Crippen LogP contribution >= 0.6 is 0 Å². The monoisotopic (exact) mass is 272 g/mol. The largest absolute Gasteiger partial charge is 0.370 e. The molecule has 0 aliphatic heterocycles. The number of nitrogens with zero attached hydrogens (tertiary/aromatic N) is 2. The Labute approximate surface area is 116 Å². The van der Waals surface area contributed by atoms with E-state index in [9.17, 15) is 4.79 Å². The molecule has 1 atom stereocenters. The van der Waals surface area contributed by atoms with E-state index in [1.165, 1.54) is 30.7 Å². The molecule has 0 amide bonds. The number of hydrogen-bond donors (Lipinski definition) is 2. The van der Waals surface area contributed by atoms with Gasteiger partial charge >= 0.3 is 5.97 Å². The Kier molecular flexibility index (Phi) is 9.88. The van der Waals surface area contributed by atoms with Gasteiger partial charge in [0.2, 0.25) is 0 Å². The van der Waals surface area contributed by atoms with Crippen molar-refractivity contribution < 1.29 is 9.63 Å². The topological polar surface area (TPSA) is 93.9 Å². The molecule has 0 aromatic heterocycles. The van der Waals surface area contributed by atoms with Crippen LogP contribution in [0.5, 0.6) is 0 Å². The number of hydrogen-bond acceptors (Lipinski definition) is 4. The van der Waals surface area contributed by atoms with Crippen molar-refractivity contribution >= 4 is 11.9 Å². The molecule has 0 rings (SSSR count). The van der Waals surface area contributed by atoms with Crippen molar-refractivity contribution in [3.05, 3.63) is 0 Å². The van der Waals surface area contributed by atoms with Gasteiger partial charge in [0.1, 0.15) is 0 Å². The average Bonchev–Trinajstić information content (AvgIpc) is 2.30. The summed E-state index contributed by atoms with van der Waals surface area (Å²) in [7, 11) is 3.30. The quantitative estimate of drug-likeness (QED) is 0.271. The minimum absolute atomic E-state index is 0.0771. The average molecular weight is 272 g/mol. The molecule has 0 radical (unpaired) electrons. The van der Waals surface area contributed by atoms with Gasteiger partial charge in [-0.2, -0.15) is 0 Å². The summed E-state index contributed by atoms with van der Waals surface area (Å²) in [6, 6.07) is -0.599. The van der Waals surface area contributed by atoms with Crippen LogP contribution in [-0.2, 0) is 9.63 Å². The second-order valence-corrected chi connectivity index (χ2v) is 4.85. The lowest BCUT2D eigenvalue weighted by Gasteiger charge is -2.15. The zero-order chi connectivity index (χ0) is 14.7. The Morgan fingerprint density at radius 2 is 1.74 bits per heavy atom. The molecule has 0 saturated heterocycles. The molecule has 0 heterocycles. The molecule has 0 fully saturated rings. The molecule has 6 nitrogen and oxygen atoms in total. The first-order valence-electron chi connectivity index (χ1n) is 6.95. The molecule has 0 aromatic rings. The van der Waals surface area contributed by atoms with Crippen LogP contribution in [0.15, 0.2) is 4.99 Å². The Hall–Kier alpha value is -1.30. The normalized spacial score (nSPS) is 12.2. The molecule has 0 aromatic carbocycles. The van der Waals surface area contributed by atoms with Crippen molar-refractivity contribution in [1.29, 1.82) is 0 Å². The number of unbranched alkanes of at least 4 members (excludes halogenated alkanes) is 5. The maximum atomic E-state index is 11.8. The van der Waals surface area contributed by atoms with E-state index in [1.54, 1.807) is 14.1 Å². The summed E-state index contributed by atoms with van der Waals surface area (Å²) in [4.78, 5) is 20.7. The van der Waals surface area contributed by atoms with Crippen molar-refractivity contribution in [1.82, 2.24) is 5.06 Å². The van der Waals surface area contributed by atoms with E-state index in [-0.39, 0.29) is 5.96 Å². The van der Waals surface area contributed by atoms with Gasteiger partial charge in [0.05, 0.1) is 0 Å². The number of guanidine groups is 1. The summed E-state index contributed by atoms with van der Waals surface area (Å²) in [5.41, 5.74) is 10.7. The number of aliphatic imine (C=N–C) groups is 1. The van der Waals surface area contributed by atoms with Crippen LogP contribution in [0.3, 0.4) is 0 Å². The third-order valence-electron chi connectivity index (χ3n) is 2.68. The van der Waals surface area contributed by atoms with Crippen molar-refractivity contribution in [3.63, 3.8) is 0 Å². The van der Waals surface area contributed by atoms with E-state index in [1.807, 2.05) is 0 Å². The third-order valence-corrected chi connectivity index (χ3v) is 2.68. The van der Waals surface area contributed by atoms with Gasteiger partial charge in [0.15, 0.2) is 12.0 Å². The molecular weight excluding hydrogens is 244 g/mol. The Balaban J connectivity index is 4.07. The fourth-order valence-electron chi connectivity index (χ4n) is 1.77. The van der Waals surface area contributed by atoms with E-state index < -0.39 is 12.0 Å². The highest BCUT2D eigenvalue weighted by molar-refractivity contribution is 5.82. The van der Waals surface area contributed by atoms with Gasteiger partial charge in [0, 0.05) is 14.1 Å². The summed E-state index contributed by atoms with van der Waals surface area (Å²) in [6.45, 7) is 2.19. The first-order valence-corrected chi connectivity index (χ1v) is 6.95. The summed E-state index contributed by atoms with van der Waals surface area (Å²) in [5.74, 6) is -0.487. The standard InChI is InChI=1S/C13H28N4O2/c1-4-5-6-7-8-9-10-11(16-13(14)15)12(18)19-17(2)3/h11H,4-10H2,1-3H3,(H4,14,15,16). The molecular formula is C13H28N4O2. The van der Waals surface area contributed by atoms with Gasteiger partial charge in [-0.25, -0.2) is 9.79 Å². The Bertz CT molecular complexity index is 276. The summed E-state index contributed by atoms with van der Waals surface area (Å²) >= 11 is 0. The highest BCUT2D eigenvalue weighted by atomic mass is 16.7. The van der Waals surface area contributed by atoms with Crippen molar-refractivity contribution in [3.8, 4) is 0 Å². The van der Waals surface area contributed by atoms with E-state index in [4.69, 9.17) is 16.3 Å². The molecule has 0 saturated carbocycles. The van der Waals surface area contributed by atoms with Gasteiger partial charge in [-0.1, -0.05) is 45.4 Å². The smallest absolute Gasteiger partial charge is 0.349 e. The molecule has 0 bridgehead atoms. The first kappa shape index (κ1) is 17.7. The Morgan fingerprint density at radius 1 is 1.16 bits per heavy atom. The van der Waals surface area contributed by atoms with Crippen LogP contribution in [0.1, 0.15) is 51.9 Å². The molecule has 19 heavy (non-hydrogen) atoms. The lowest BCUT2D eigenvalue weighted by atomic mass is 10.1. The van der Waals surface area contributed by atoms with Crippen LogP contribution in [0.4, 0.5) is 0 Å². The van der Waals surface area contributed by atoms with E-state index in [0.29, 0.717) is 6.42 Å². The van der Waals surface area contributed by atoms with Crippen molar-refractivity contribution in [2.75, 3.05) is 14.1 Å². The fraction of sp³-hybridized carbons (Fsp3) is 0.846. The van der Waals surface area contributed by atoms with Crippen molar-refractivity contribution in [2.45, 2.75) is 57.9 Å². The SMILES string of the molecule is CCCCCCCCC(N=C(N)N)C(=O)ON(C)C. The van der Waals surface area contributed by atoms with E-state index in [0.717, 1.165) is 12.8 Å². The van der Waals surface area contributed by atoms with Crippen molar-refractivity contribution in [2.24, 2.45) is 16.5 Å². The summed E-state index contributed by atoms with van der Waals surface area (Å²) in [5, 5.41) is 1.35. The fourth-order valence-corrected chi connectivity index (χ4v) is 1.77. The molecule has 0 spiro atoms. The summed E-state index contributed by atoms with van der Waals surface area (Å²) < 4.78 is 0. The van der Waals surface area contributed by atoms with Gasteiger partial charge in [-0.3, -0.25) is 0 Å². The van der Waals surface area contributed by atoms with Gasteiger partial charge < -0.3 is 16.3 Å². The first-order chi connectivity index (χ1) is 8.97. The second-order valence-electron chi connectivity index (χ2n) is 4.85. The predicted octanol–water partition coefficient (Wildman–Crippen LogP) is 1.40. The number of carbonyl (C=O) groups is 1. The van der Waals surface area contributed by atoms with Gasteiger partial charge in [-0.05, 0) is 6.42 Å². The van der Waals surface area contributed by atoms with Crippen LogP contribution < -0.4 is 11.5 Å². The third kappa shape index (κ3) is 10.3. The number of nitrogens with two attached hydrogens (primary N) is 2. The van der Waals surface area contributed by atoms with Crippen LogP contribution in [-0.4, -0.2) is 37.1 Å². The molecule has 112 valence electrons. The maximum absolute atomic E-state index is 11.8. The minimum Gasteiger partial charge on any atom is -0.370 e. The zero-order valence-corrected chi connectivity index (χ0v) is 12.4. The molecule has 0 aliphatic rings. The molecule has 0 aliphatic carbocycles. The van der Waals surface area contributed by atoms with Crippen LogP contribution in [0.2, 0.25) is 0 Å². The number of rotatable bonds is 10. The zero-order valence-electron chi connectivity index (χ0n) is 12.4. The Morgan fingerprint density at radius 3 is 2.26 bits per heavy atom. The van der Waals surface area contributed by atoms with E-state index >= 15 is 0 Å². The maximum Gasteiger partial charge on any atom is 0.349 e. The summed E-state index contributed by atoms with van der Waals surface area (Å²) in [6.07, 6.45) is 7.55. The molecule has 6 heteroatoms. The van der Waals surface area contributed by atoms with E-state index in [2.05, 4.69) is 11.9 Å². The predicted molar refractivity (Wildman–Crippen MR) is 77.4 cm³/mol. The highest BCUT2D eigenvalue weighted by Gasteiger charge is 2.20. The minimum atomic E-state index is -0.599.